The molecule has 4 nitrogen and oxygen atoms in total. The predicted octanol–water partition coefficient (Wildman–Crippen LogP) is 14.8. The maximum atomic E-state index is 9.42. The molecule has 0 aliphatic heterocycles. The first-order valence-corrected chi connectivity index (χ1v) is 19.2. The Morgan fingerprint density at radius 3 is 1.88 bits per heavy atom. The number of furan rings is 1. The van der Waals surface area contributed by atoms with Crippen LogP contribution in [0.25, 0.3) is 119 Å². The van der Waals surface area contributed by atoms with Crippen molar-refractivity contribution in [2.45, 2.75) is 0 Å². The van der Waals surface area contributed by atoms with Crippen LogP contribution in [-0.2, 0) is 0 Å². The van der Waals surface area contributed by atoms with Crippen molar-refractivity contribution < 1.29 is 27.7 Å². The van der Waals surface area contributed by atoms with Gasteiger partial charge in [-0.1, -0.05) is 145 Å². The highest BCUT2D eigenvalue weighted by Crippen LogP contribution is 2.48. The first-order valence-electron chi connectivity index (χ1n) is 26.0. The maximum absolute atomic E-state index is 9.42. The molecular weight excluding hydrogens is 735 g/mol. The molecule has 0 aliphatic rings. The van der Waals surface area contributed by atoms with Crippen molar-refractivity contribution in [3.05, 3.63) is 176 Å². The summed E-state index contributed by atoms with van der Waals surface area (Å²) < 4.78 is 157. The van der Waals surface area contributed by atoms with Crippen molar-refractivity contribution in [2.24, 2.45) is 0 Å². The van der Waals surface area contributed by atoms with Crippen LogP contribution in [0.15, 0.2) is 180 Å². The average Bonchev–Trinajstić information content (AvgIpc) is 4.12. The Hall–Kier alpha value is -6.99. The third-order valence-electron chi connectivity index (χ3n) is 9.84. The van der Waals surface area contributed by atoms with Gasteiger partial charge in [-0.05, 0) is 41.4 Å². The molecule has 0 bridgehead atoms. The quantitative estimate of drug-likeness (QED) is 0.175. The molecule has 0 unspecified atom stereocenters. The number of fused-ring (bicyclic) bond motifs is 9. The Labute approximate surface area is 358 Å². The normalized spacial score (nSPS) is 16.0. The van der Waals surface area contributed by atoms with E-state index in [1.54, 1.807) is 12.1 Å². The molecule has 0 spiro atoms. The second-order valence-corrected chi connectivity index (χ2v) is 15.1. The van der Waals surface area contributed by atoms with Gasteiger partial charge in [0.15, 0.2) is 17.5 Å². The smallest absolute Gasteiger partial charge is 0.164 e. The second kappa shape index (κ2) is 12.8. The predicted molar refractivity (Wildman–Crippen MR) is 240 cm³/mol. The van der Waals surface area contributed by atoms with Crippen LogP contribution >= 0.6 is 22.7 Å². The molecule has 12 aromatic rings. The van der Waals surface area contributed by atoms with E-state index in [-0.39, 0.29) is 39.4 Å². The Kier molecular flexibility index (Phi) is 4.43. The number of hydrogen-bond donors (Lipinski definition) is 0. The minimum Gasteiger partial charge on any atom is -0.455 e. The van der Waals surface area contributed by atoms with Crippen LogP contribution in [0.2, 0.25) is 0 Å². The molecular formula is C51H29N3OS2. The molecule has 4 aromatic heterocycles. The van der Waals surface area contributed by atoms with Gasteiger partial charge in [-0.3, -0.25) is 0 Å². The minimum atomic E-state index is -0.661. The summed E-state index contributed by atoms with van der Waals surface area (Å²) >= 11 is 2.88. The SMILES string of the molecule is [2H]c1c([2H])c([2H])c(-c2nc(-c3c([2H])c([2H])c([2H])c([2H])c3[2H])nc(-c3cccc4sc5c(-c6cc(-c7c([2H])c([2H])c([2H])c8c7oc7c([2H])c([2H])c([2H])c([2H])c78)c7sc8ccccc8c7c6)cccc5c34)n2)c([2H])c1[2H]. The van der Waals surface area contributed by atoms with Gasteiger partial charge in [-0.15, -0.1) is 22.7 Å². The Morgan fingerprint density at radius 1 is 0.421 bits per heavy atom. The number of nitrogens with zero attached hydrogens (tertiary/aromatic N) is 3. The van der Waals surface area contributed by atoms with E-state index in [1.165, 1.54) is 22.7 Å². The fourth-order valence-corrected chi connectivity index (χ4v) is 9.86. The molecule has 0 fully saturated rings. The fraction of sp³-hybridized carbons (Fsp3) is 0. The number of para-hydroxylation sites is 2. The number of aromatic nitrogens is 3. The summed E-state index contributed by atoms with van der Waals surface area (Å²) in [5.41, 5.74) is 1.40. The van der Waals surface area contributed by atoms with Crippen LogP contribution in [0.3, 0.4) is 0 Å². The van der Waals surface area contributed by atoms with Gasteiger partial charge in [0, 0.05) is 78.9 Å². The minimum absolute atomic E-state index is 0.00964. The van der Waals surface area contributed by atoms with Crippen LogP contribution in [0.1, 0.15) is 23.3 Å². The van der Waals surface area contributed by atoms with Gasteiger partial charge in [0.1, 0.15) is 11.2 Å². The molecule has 57 heavy (non-hydrogen) atoms. The number of rotatable bonds is 5. The highest BCUT2D eigenvalue weighted by atomic mass is 32.1. The highest BCUT2D eigenvalue weighted by molar-refractivity contribution is 7.27. The van der Waals surface area contributed by atoms with Crippen molar-refractivity contribution in [1.29, 1.82) is 0 Å². The lowest BCUT2D eigenvalue weighted by atomic mass is 9.94. The molecule has 0 saturated heterocycles. The van der Waals surface area contributed by atoms with Crippen molar-refractivity contribution in [3.8, 4) is 56.4 Å². The molecule has 4 heterocycles. The van der Waals surface area contributed by atoms with E-state index >= 15 is 0 Å². The monoisotopic (exact) mass is 780 g/mol. The summed E-state index contributed by atoms with van der Waals surface area (Å²) in [4.78, 5) is 13.9. The van der Waals surface area contributed by atoms with Gasteiger partial charge in [-0.2, -0.15) is 0 Å². The number of hydrogen-bond acceptors (Lipinski definition) is 6. The number of benzene rings is 8. The summed E-state index contributed by atoms with van der Waals surface area (Å²) in [5.74, 6) is -0.874. The average molecular weight is 781 g/mol. The Bertz CT molecular complexity index is 4400. The maximum Gasteiger partial charge on any atom is 0.164 e. The van der Waals surface area contributed by atoms with Crippen molar-refractivity contribution in [3.63, 3.8) is 0 Å². The zero-order chi connectivity index (χ0) is 52.2. The van der Waals surface area contributed by atoms with Crippen molar-refractivity contribution in [1.82, 2.24) is 15.0 Å². The van der Waals surface area contributed by atoms with Gasteiger partial charge >= 0.3 is 0 Å². The number of thiophene rings is 2. The lowest BCUT2D eigenvalue weighted by molar-refractivity contribution is 0.670. The van der Waals surface area contributed by atoms with Gasteiger partial charge in [0.2, 0.25) is 0 Å². The second-order valence-electron chi connectivity index (χ2n) is 13.0. The largest absolute Gasteiger partial charge is 0.455 e. The fourth-order valence-electron chi connectivity index (χ4n) is 7.39. The summed E-state index contributed by atoms with van der Waals surface area (Å²) in [7, 11) is 0. The molecule has 8 aromatic carbocycles. The van der Waals surface area contributed by atoms with Gasteiger partial charge in [-0.25, -0.2) is 15.0 Å². The van der Waals surface area contributed by atoms with E-state index < -0.39 is 119 Å². The van der Waals surface area contributed by atoms with Gasteiger partial charge in [0.05, 0.1) is 23.3 Å². The van der Waals surface area contributed by atoms with E-state index in [1.807, 2.05) is 60.7 Å². The van der Waals surface area contributed by atoms with Crippen molar-refractivity contribution in [2.75, 3.05) is 0 Å². The zero-order valence-electron chi connectivity index (χ0n) is 46.0. The summed E-state index contributed by atoms with van der Waals surface area (Å²) in [6.07, 6.45) is 0. The Balaban J connectivity index is 1.14. The van der Waals surface area contributed by atoms with Crippen LogP contribution in [0, 0.1) is 0 Å². The van der Waals surface area contributed by atoms with Crippen LogP contribution < -0.4 is 0 Å². The molecule has 0 amide bonds. The molecule has 0 atom stereocenters. The van der Waals surface area contributed by atoms with E-state index in [4.69, 9.17) is 36.3 Å². The lowest BCUT2D eigenvalue weighted by Gasteiger charge is -2.11. The first kappa shape index (κ1) is 19.7. The summed E-state index contributed by atoms with van der Waals surface area (Å²) in [6, 6.07) is 13.1. The topological polar surface area (TPSA) is 51.8 Å². The summed E-state index contributed by atoms with van der Waals surface area (Å²) in [6.45, 7) is 0. The van der Waals surface area contributed by atoms with Crippen molar-refractivity contribution >= 4 is 85.0 Å². The van der Waals surface area contributed by atoms with E-state index in [0.717, 1.165) is 35.1 Å². The third kappa shape index (κ3) is 5.15. The zero-order valence-corrected chi connectivity index (χ0v) is 30.6. The molecule has 0 aliphatic carbocycles. The standard InChI is InChI=1S/C51H29N3OS2/c1-3-14-30(15-4-1)49-52-50(31-16-5-2-6-17-31)54-51(53-49)39-24-13-27-44-45(39)38-23-11-20-33(47(38)57-44)32-28-40-35-19-8-10-26-43(35)56-48(40)41(29-32)37-22-12-21-36-34-18-7-9-25-42(34)55-46(36)37/h1-29H/i1D,2D,3D,4D,5D,6D,7D,9D,12D,14D,15D,16D,17D,18D,21D,22D,25D. The molecule has 12 rings (SSSR count). The Morgan fingerprint density at radius 2 is 1.05 bits per heavy atom. The molecule has 266 valence electrons. The van der Waals surface area contributed by atoms with E-state index in [0.29, 0.717) is 27.5 Å². The van der Waals surface area contributed by atoms with Gasteiger partial charge in [0.25, 0.3) is 0 Å². The molecule has 0 radical (unpaired) electrons. The summed E-state index contributed by atoms with van der Waals surface area (Å²) in [5, 5.41) is 2.97. The van der Waals surface area contributed by atoms with Crippen LogP contribution in [0.5, 0.6) is 0 Å². The molecule has 0 N–H and O–H groups in total. The first-order chi connectivity index (χ1) is 35.3. The van der Waals surface area contributed by atoms with Crippen LogP contribution in [0.4, 0.5) is 0 Å². The van der Waals surface area contributed by atoms with E-state index in [2.05, 4.69) is 4.98 Å². The molecule has 0 saturated carbocycles. The highest BCUT2D eigenvalue weighted by Gasteiger charge is 2.21. The third-order valence-corrected chi connectivity index (χ3v) is 12.3. The lowest BCUT2D eigenvalue weighted by Crippen LogP contribution is -2.00. The van der Waals surface area contributed by atoms with Gasteiger partial charge < -0.3 is 4.42 Å². The van der Waals surface area contributed by atoms with Crippen LogP contribution in [-0.4, -0.2) is 15.0 Å². The molecule has 6 heteroatoms. The van der Waals surface area contributed by atoms with E-state index in [9.17, 15) is 1.37 Å².